The Morgan fingerprint density at radius 1 is 1.44 bits per heavy atom. The number of nitrogen functional groups attached to an aromatic ring is 1. The number of piperidine rings is 1. The SMILES string of the molecule is Cc1nc(N2CCCC(F)(F)C2)ccc1N. The summed E-state index contributed by atoms with van der Waals surface area (Å²) in [4.78, 5) is 5.85. The van der Waals surface area contributed by atoms with Gasteiger partial charge in [-0.05, 0) is 25.5 Å². The van der Waals surface area contributed by atoms with E-state index in [2.05, 4.69) is 4.98 Å². The molecule has 1 saturated heterocycles. The molecule has 2 N–H and O–H groups in total. The Bertz CT molecular complexity index is 393. The fourth-order valence-electron chi connectivity index (χ4n) is 1.90. The highest BCUT2D eigenvalue weighted by molar-refractivity contribution is 5.50. The van der Waals surface area contributed by atoms with Crippen LogP contribution >= 0.6 is 0 Å². The quantitative estimate of drug-likeness (QED) is 0.799. The van der Waals surface area contributed by atoms with Gasteiger partial charge < -0.3 is 10.6 Å². The highest BCUT2D eigenvalue weighted by Crippen LogP contribution is 2.29. The maximum atomic E-state index is 13.2. The Morgan fingerprint density at radius 2 is 2.19 bits per heavy atom. The topological polar surface area (TPSA) is 42.2 Å². The first-order chi connectivity index (χ1) is 7.48. The third-order valence-corrected chi connectivity index (χ3v) is 2.83. The third-order valence-electron chi connectivity index (χ3n) is 2.83. The molecule has 0 saturated carbocycles. The molecule has 0 aliphatic carbocycles. The van der Waals surface area contributed by atoms with Gasteiger partial charge >= 0.3 is 0 Å². The molecule has 0 aromatic carbocycles. The molecule has 2 heterocycles. The summed E-state index contributed by atoms with van der Waals surface area (Å²) in [5, 5.41) is 0. The number of rotatable bonds is 1. The minimum atomic E-state index is -2.60. The number of halogens is 2. The Kier molecular flexibility index (Phi) is 2.69. The number of anilines is 2. The first-order valence-electron chi connectivity index (χ1n) is 5.34. The number of aromatic nitrogens is 1. The average molecular weight is 227 g/mol. The Balaban J connectivity index is 2.20. The van der Waals surface area contributed by atoms with E-state index in [0.717, 1.165) is 0 Å². The molecular weight excluding hydrogens is 212 g/mol. The van der Waals surface area contributed by atoms with Crippen LogP contribution in [-0.4, -0.2) is 24.0 Å². The molecule has 2 rings (SSSR count). The molecule has 1 aromatic rings. The van der Waals surface area contributed by atoms with Gasteiger partial charge in [0.1, 0.15) is 5.82 Å². The van der Waals surface area contributed by atoms with E-state index in [0.29, 0.717) is 30.2 Å². The summed E-state index contributed by atoms with van der Waals surface area (Å²) in [6, 6.07) is 3.41. The second-order valence-corrected chi connectivity index (χ2v) is 4.23. The molecule has 3 nitrogen and oxygen atoms in total. The van der Waals surface area contributed by atoms with Crippen LogP contribution < -0.4 is 10.6 Å². The van der Waals surface area contributed by atoms with E-state index in [-0.39, 0.29) is 13.0 Å². The lowest BCUT2D eigenvalue weighted by atomic mass is 10.1. The van der Waals surface area contributed by atoms with E-state index in [1.54, 1.807) is 24.0 Å². The number of nitrogens with zero attached hydrogens (tertiary/aromatic N) is 2. The molecule has 0 unspecified atom stereocenters. The third kappa shape index (κ3) is 2.23. The molecule has 1 fully saturated rings. The van der Waals surface area contributed by atoms with Crippen LogP contribution in [0.4, 0.5) is 20.3 Å². The van der Waals surface area contributed by atoms with E-state index in [9.17, 15) is 8.78 Å². The smallest absolute Gasteiger partial charge is 0.265 e. The zero-order valence-corrected chi connectivity index (χ0v) is 9.21. The van der Waals surface area contributed by atoms with Gasteiger partial charge in [0, 0.05) is 13.0 Å². The fourth-order valence-corrected chi connectivity index (χ4v) is 1.90. The molecule has 1 aromatic heterocycles. The summed E-state index contributed by atoms with van der Waals surface area (Å²) in [5.41, 5.74) is 6.92. The molecule has 0 spiro atoms. The van der Waals surface area contributed by atoms with Crippen LogP contribution in [-0.2, 0) is 0 Å². The van der Waals surface area contributed by atoms with E-state index >= 15 is 0 Å². The highest BCUT2D eigenvalue weighted by atomic mass is 19.3. The number of hydrogen-bond acceptors (Lipinski definition) is 3. The summed E-state index contributed by atoms with van der Waals surface area (Å²) in [6.45, 7) is 2.16. The van der Waals surface area contributed by atoms with E-state index < -0.39 is 5.92 Å². The zero-order valence-electron chi connectivity index (χ0n) is 9.21. The van der Waals surface area contributed by atoms with Gasteiger partial charge in [0.05, 0.1) is 17.9 Å². The molecule has 1 aliphatic heterocycles. The van der Waals surface area contributed by atoms with Gasteiger partial charge in [-0.15, -0.1) is 0 Å². The first-order valence-corrected chi connectivity index (χ1v) is 5.34. The van der Waals surface area contributed by atoms with Gasteiger partial charge in [-0.3, -0.25) is 0 Å². The Labute approximate surface area is 93.3 Å². The lowest BCUT2D eigenvalue weighted by molar-refractivity contribution is -0.0118. The fraction of sp³-hybridized carbons (Fsp3) is 0.545. The highest BCUT2D eigenvalue weighted by Gasteiger charge is 2.35. The standard InChI is InChI=1S/C11H15F2N3/c1-8-9(14)3-4-10(15-8)16-6-2-5-11(12,13)7-16/h3-4H,2,5-7,14H2,1H3. The van der Waals surface area contributed by atoms with Crippen LogP contribution in [0.3, 0.4) is 0 Å². The maximum Gasteiger partial charge on any atom is 0.265 e. The van der Waals surface area contributed by atoms with Crippen molar-refractivity contribution >= 4 is 11.5 Å². The van der Waals surface area contributed by atoms with Gasteiger partial charge in [-0.2, -0.15) is 0 Å². The zero-order chi connectivity index (χ0) is 11.8. The van der Waals surface area contributed by atoms with Crippen molar-refractivity contribution in [2.45, 2.75) is 25.7 Å². The molecule has 0 amide bonds. The number of aryl methyl sites for hydroxylation is 1. The minimum absolute atomic E-state index is 0.0303. The minimum Gasteiger partial charge on any atom is -0.397 e. The van der Waals surface area contributed by atoms with Crippen LogP contribution in [0.15, 0.2) is 12.1 Å². The van der Waals surface area contributed by atoms with Crippen molar-refractivity contribution < 1.29 is 8.78 Å². The van der Waals surface area contributed by atoms with Crippen molar-refractivity contribution in [2.75, 3.05) is 23.7 Å². The van der Waals surface area contributed by atoms with Gasteiger partial charge in [0.25, 0.3) is 5.92 Å². The Morgan fingerprint density at radius 3 is 2.81 bits per heavy atom. The molecule has 1 aliphatic rings. The van der Waals surface area contributed by atoms with Crippen LogP contribution in [0, 0.1) is 6.92 Å². The van der Waals surface area contributed by atoms with Crippen molar-refractivity contribution in [3.63, 3.8) is 0 Å². The number of alkyl halides is 2. The van der Waals surface area contributed by atoms with E-state index in [1.807, 2.05) is 0 Å². The number of hydrogen-bond donors (Lipinski definition) is 1. The van der Waals surface area contributed by atoms with Crippen molar-refractivity contribution in [2.24, 2.45) is 0 Å². The van der Waals surface area contributed by atoms with Crippen molar-refractivity contribution in [3.05, 3.63) is 17.8 Å². The molecule has 5 heteroatoms. The average Bonchev–Trinajstić information content (AvgIpc) is 2.20. The normalized spacial score (nSPS) is 19.8. The van der Waals surface area contributed by atoms with Crippen molar-refractivity contribution in [1.82, 2.24) is 4.98 Å². The summed E-state index contributed by atoms with van der Waals surface area (Å²) in [6.07, 6.45) is 0.468. The summed E-state index contributed by atoms with van der Waals surface area (Å²) >= 11 is 0. The molecule has 16 heavy (non-hydrogen) atoms. The molecule has 0 atom stereocenters. The van der Waals surface area contributed by atoms with E-state index in [4.69, 9.17) is 5.73 Å². The number of nitrogens with two attached hydrogens (primary N) is 1. The van der Waals surface area contributed by atoms with Gasteiger partial charge in [-0.25, -0.2) is 13.8 Å². The summed E-state index contributed by atoms with van der Waals surface area (Å²) in [7, 11) is 0. The van der Waals surface area contributed by atoms with Gasteiger partial charge in [0.15, 0.2) is 0 Å². The summed E-state index contributed by atoms with van der Waals surface area (Å²) in [5.74, 6) is -2.01. The second-order valence-electron chi connectivity index (χ2n) is 4.23. The lowest BCUT2D eigenvalue weighted by Gasteiger charge is -2.33. The first kappa shape index (κ1) is 11.1. The van der Waals surface area contributed by atoms with Gasteiger partial charge in [-0.1, -0.05) is 0 Å². The van der Waals surface area contributed by atoms with Crippen LogP contribution in [0.2, 0.25) is 0 Å². The molecule has 0 bridgehead atoms. The predicted molar refractivity (Wildman–Crippen MR) is 59.8 cm³/mol. The lowest BCUT2D eigenvalue weighted by Crippen LogP contribution is -2.43. The van der Waals surface area contributed by atoms with Crippen LogP contribution in [0.1, 0.15) is 18.5 Å². The Hall–Kier alpha value is -1.39. The molecule has 88 valence electrons. The monoisotopic (exact) mass is 227 g/mol. The number of pyridine rings is 1. The second kappa shape index (κ2) is 3.88. The van der Waals surface area contributed by atoms with Crippen molar-refractivity contribution in [3.8, 4) is 0 Å². The van der Waals surface area contributed by atoms with Crippen molar-refractivity contribution in [1.29, 1.82) is 0 Å². The maximum absolute atomic E-state index is 13.2. The predicted octanol–water partition coefficient (Wildman–Crippen LogP) is 2.21. The van der Waals surface area contributed by atoms with Crippen LogP contribution in [0.5, 0.6) is 0 Å². The summed E-state index contributed by atoms with van der Waals surface area (Å²) < 4.78 is 26.5. The van der Waals surface area contributed by atoms with E-state index in [1.165, 1.54) is 0 Å². The molecular formula is C11H15F2N3. The van der Waals surface area contributed by atoms with Gasteiger partial charge in [0.2, 0.25) is 0 Å². The molecule has 0 radical (unpaired) electrons. The largest absolute Gasteiger partial charge is 0.397 e. The van der Waals surface area contributed by atoms with Crippen LogP contribution in [0.25, 0.3) is 0 Å².